The molecule has 38 heavy (non-hydrogen) atoms. The van der Waals surface area contributed by atoms with Crippen molar-refractivity contribution >= 4 is 29.2 Å². The van der Waals surface area contributed by atoms with E-state index in [1.54, 1.807) is 5.32 Å². The molecule has 16 heteroatoms. The zero-order chi connectivity index (χ0) is 28.2. The number of ether oxygens (including phenoxy) is 3. The van der Waals surface area contributed by atoms with E-state index in [-0.39, 0.29) is 22.5 Å². The van der Waals surface area contributed by atoms with E-state index in [0.29, 0.717) is 0 Å². The molecule has 202 valence electrons. The molecule has 2 aromatic rings. The zero-order valence-corrected chi connectivity index (χ0v) is 19.2. The maximum atomic E-state index is 12.9. The van der Waals surface area contributed by atoms with Crippen LogP contribution >= 0.6 is 0 Å². The van der Waals surface area contributed by atoms with Gasteiger partial charge in [-0.05, 0) is 31.2 Å². The number of benzene rings is 2. The molecule has 0 unspecified atom stereocenters. The Kier molecular flexibility index (Phi) is 8.25. The first-order valence-corrected chi connectivity index (χ1v) is 10.7. The lowest BCUT2D eigenvalue weighted by atomic mass is 9.98. The number of carbonyl (C=O) groups excluding carboxylic acids is 3. The van der Waals surface area contributed by atoms with E-state index in [0.717, 1.165) is 48.5 Å². The highest BCUT2D eigenvalue weighted by Gasteiger charge is 2.46. The van der Waals surface area contributed by atoms with Crippen LogP contribution in [-0.2, 0) is 19.0 Å². The van der Waals surface area contributed by atoms with Crippen molar-refractivity contribution in [3.8, 4) is 0 Å². The number of nitrogens with zero attached hydrogens (tertiary/aromatic N) is 2. The highest BCUT2D eigenvalue weighted by atomic mass is 19.4. The fourth-order valence-corrected chi connectivity index (χ4v) is 3.50. The largest absolute Gasteiger partial charge is 0.471 e. The molecular formula is C22H18F3N3O10. The maximum absolute atomic E-state index is 12.9. The van der Waals surface area contributed by atoms with Crippen LogP contribution in [0.4, 0.5) is 24.5 Å². The highest BCUT2D eigenvalue weighted by Crippen LogP contribution is 2.27. The average Bonchev–Trinajstić information content (AvgIpc) is 2.85. The summed E-state index contributed by atoms with van der Waals surface area (Å²) in [7, 11) is 0. The summed E-state index contributed by atoms with van der Waals surface area (Å²) >= 11 is 0. The Balaban J connectivity index is 1.76. The number of alkyl halides is 3. The lowest BCUT2D eigenvalue weighted by molar-refractivity contribution is -0.385. The van der Waals surface area contributed by atoms with Crippen LogP contribution in [0, 0.1) is 20.2 Å². The van der Waals surface area contributed by atoms with E-state index in [2.05, 4.69) is 0 Å². The number of non-ortho nitro benzene ring substituents is 2. The Morgan fingerprint density at radius 3 is 1.76 bits per heavy atom. The van der Waals surface area contributed by atoms with Gasteiger partial charge in [-0.15, -0.1) is 0 Å². The molecule has 3 rings (SSSR count). The zero-order valence-electron chi connectivity index (χ0n) is 19.2. The maximum Gasteiger partial charge on any atom is 0.471 e. The molecule has 1 amide bonds. The highest BCUT2D eigenvalue weighted by molar-refractivity contribution is 5.90. The predicted molar refractivity (Wildman–Crippen MR) is 118 cm³/mol. The molecule has 0 radical (unpaired) electrons. The Labute approximate surface area is 210 Å². The van der Waals surface area contributed by atoms with Crippen molar-refractivity contribution in [3.05, 3.63) is 79.9 Å². The summed E-state index contributed by atoms with van der Waals surface area (Å²) in [5.41, 5.74) is -0.884. The lowest BCUT2D eigenvalue weighted by Gasteiger charge is -2.39. The standard InChI is InChI=1S/C22H18F3N3O10/c1-11-18(38-20(30)13-4-8-15(9-5-13)28(34)35)16(26-21(31)22(23,24)25)10-17(36-11)37-19(29)12-2-6-14(7-3-12)27(32)33/h2-9,11,16-18H,10H2,1H3,(H,26,31)/t11-,16-,17+,18+/m1/s1. The summed E-state index contributed by atoms with van der Waals surface area (Å²) in [6, 6.07) is 6.96. The number of nitro groups is 2. The van der Waals surface area contributed by atoms with Crippen molar-refractivity contribution in [2.45, 2.75) is 44.1 Å². The molecule has 0 saturated carbocycles. The number of rotatable bonds is 7. The minimum absolute atomic E-state index is 0.116. The van der Waals surface area contributed by atoms with Gasteiger partial charge < -0.3 is 19.5 Å². The number of hydrogen-bond donors (Lipinski definition) is 1. The van der Waals surface area contributed by atoms with Crippen LogP contribution in [0.5, 0.6) is 0 Å². The molecule has 1 N–H and O–H groups in total. The summed E-state index contributed by atoms with van der Waals surface area (Å²) in [5.74, 6) is -4.42. The first-order chi connectivity index (χ1) is 17.8. The van der Waals surface area contributed by atoms with Crippen molar-refractivity contribution in [3.63, 3.8) is 0 Å². The quantitative estimate of drug-likeness (QED) is 0.311. The van der Waals surface area contributed by atoms with E-state index in [1.165, 1.54) is 6.92 Å². The van der Waals surface area contributed by atoms with Gasteiger partial charge in [0.15, 0.2) is 0 Å². The number of amides is 1. The van der Waals surface area contributed by atoms with Gasteiger partial charge in [0.2, 0.25) is 6.29 Å². The van der Waals surface area contributed by atoms with Gasteiger partial charge in [0, 0.05) is 30.7 Å². The van der Waals surface area contributed by atoms with E-state index in [9.17, 15) is 47.8 Å². The Hall–Kier alpha value is -4.60. The third-order valence-electron chi connectivity index (χ3n) is 5.36. The average molecular weight is 541 g/mol. The van der Waals surface area contributed by atoms with Crippen LogP contribution in [0.3, 0.4) is 0 Å². The number of halogens is 3. The molecule has 0 bridgehead atoms. The molecule has 0 aliphatic carbocycles. The molecular weight excluding hydrogens is 523 g/mol. The first-order valence-electron chi connectivity index (χ1n) is 10.7. The molecule has 1 heterocycles. The van der Waals surface area contributed by atoms with Crippen LogP contribution in [-0.4, -0.2) is 58.4 Å². The molecule has 1 saturated heterocycles. The Morgan fingerprint density at radius 2 is 1.34 bits per heavy atom. The van der Waals surface area contributed by atoms with E-state index < -0.39 is 64.8 Å². The van der Waals surface area contributed by atoms with Gasteiger partial charge in [-0.1, -0.05) is 0 Å². The summed E-state index contributed by atoms with van der Waals surface area (Å²) < 4.78 is 54.7. The van der Waals surface area contributed by atoms with Gasteiger partial charge in [0.25, 0.3) is 11.4 Å². The summed E-state index contributed by atoms with van der Waals surface area (Å²) in [6.45, 7) is 1.30. The van der Waals surface area contributed by atoms with Gasteiger partial charge >= 0.3 is 24.0 Å². The van der Waals surface area contributed by atoms with Crippen LogP contribution in [0.2, 0.25) is 0 Å². The molecule has 2 aromatic carbocycles. The van der Waals surface area contributed by atoms with Crippen LogP contribution < -0.4 is 5.32 Å². The second-order valence-electron chi connectivity index (χ2n) is 7.97. The van der Waals surface area contributed by atoms with Gasteiger partial charge in [0.1, 0.15) is 6.10 Å². The predicted octanol–water partition coefficient (Wildman–Crippen LogP) is 3.07. The van der Waals surface area contributed by atoms with Crippen molar-refractivity contribution in [2.75, 3.05) is 0 Å². The normalized spacial score (nSPS) is 21.2. The number of nitrogens with one attached hydrogen (secondary N) is 1. The van der Waals surface area contributed by atoms with Crippen molar-refractivity contribution in [1.82, 2.24) is 5.32 Å². The van der Waals surface area contributed by atoms with Crippen LogP contribution in [0.25, 0.3) is 0 Å². The number of nitro benzene ring substituents is 2. The molecule has 4 atom stereocenters. The molecule has 1 aliphatic heterocycles. The molecule has 13 nitrogen and oxygen atoms in total. The molecule has 0 aromatic heterocycles. The minimum Gasteiger partial charge on any atom is -0.454 e. The van der Waals surface area contributed by atoms with Crippen molar-refractivity contribution in [1.29, 1.82) is 0 Å². The van der Waals surface area contributed by atoms with Gasteiger partial charge in [0.05, 0.1) is 33.1 Å². The van der Waals surface area contributed by atoms with Gasteiger partial charge in [-0.25, -0.2) is 9.59 Å². The van der Waals surface area contributed by atoms with Crippen molar-refractivity contribution in [2.24, 2.45) is 0 Å². The number of carbonyl (C=O) groups is 3. The number of esters is 2. The second kappa shape index (κ2) is 11.2. The van der Waals surface area contributed by atoms with E-state index in [1.807, 2.05) is 0 Å². The van der Waals surface area contributed by atoms with E-state index >= 15 is 0 Å². The summed E-state index contributed by atoms with van der Waals surface area (Å²) in [4.78, 5) is 56.8. The van der Waals surface area contributed by atoms with Gasteiger partial charge in [-0.2, -0.15) is 13.2 Å². The number of hydrogen-bond acceptors (Lipinski definition) is 10. The monoisotopic (exact) mass is 541 g/mol. The fourth-order valence-electron chi connectivity index (χ4n) is 3.50. The van der Waals surface area contributed by atoms with E-state index in [4.69, 9.17) is 14.2 Å². The molecule has 1 fully saturated rings. The molecule has 0 spiro atoms. The summed E-state index contributed by atoms with van der Waals surface area (Å²) in [5, 5.41) is 23.3. The van der Waals surface area contributed by atoms with Crippen LogP contribution in [0.15, 0.2) is 48.5 Å². The Bertz CT molecular complexity index is 1230. The third-order valence-corrected chi connectivity index (χ3v) is 5.36. The smallest absolute Gasteiger partial charge is 0.454 e. The van der Waals surface area contributed by atoms with Gasteiger partial charge in [-0.3, -0.25) is 25.0 Å². The lowest BCUT2D eigenvalue weighted by Crippen LogP contribution is -2.58. The Morgan fingerprint density at radius 1 is 0.895 bits per heavy atom. The minimum atomic E-state index is -5.28. The second-order valence-corrected chi connectivity index (χ2v) is 7.97. The SMILES string of the molecule is C[C@H]1O[C@@H](OC(=O)c2ccc([N+](=O)[O-])cc2)C[C@@H](NC(=O)C(F)(F)F)[C@H]1OC(=O)c1ccc([N+](=O)[O-])cc1. The third kappa shape index (κ3) is 6.78. The van der Waals surface area contributed by atoms with Crippen LogP contribution in [0.1, 0.15) is 34.1 Å². The fraction of sp³-hybridized carbons (Fsp3) is 0.318. The van der Waals surface area contributed by atoms with Crippen molar-refractivity contribution < 1.29 is 51.6 Å². The topological polar surface area (TPSA) is 177 Å². The molecule has 1 aliphatic rings. The first kappa shape index (κ1) is 28.0. The summed E-state index contributed by atoms with van der Waals surface area (Å²) in [6.07, 6.45) is -9.99.